The smallest absolute Gasteiger partial charge is 0.261 e. The second-order valence-electron chi connectivity index (χ2n) is 7.13. The molecule has 0 saturated carbocycles. The number of hydrogen-bond donors (Lipinski definition) is 0. The molecule has 27 heavy (non-hydrogen) atoms. The van der Waals surface area contributed by atoms with Crippen molar-refractivity contribution in [3.63, 3.8) is 0 Å². The van der Waals surface area contributed by atoms with Gasteiger partial charge >= 0.3 is 0 Å². The number of nitrogens with zero attached hydrogens (tertiary/aromatic N) is 1. The van der Waals surface area contributed by atoms with Crippen LogP contribution in [-0.4, -0.2) is 43.4 Å². The van der Waals surface area contributed by atoms with Crippen LogP contribution in [0.2, 0.25) is 0 Å². The van der Waals surface area contributed by atoms with Gasteiger partial charge in [-0.2, -0.15) is 0 Å². The zero-order valence-electron chi connectivity index (χ0n) is 15.9. The summed E-state index contributed by atoms with van der Waals surface area (Å²) in [6.07, 6.45) is 0.442. The molecule has 1 aromatic heterocycles. The van der Waals surface area contributed by atoms with Gasteiger partial charge in [-0.1, -0.05) is 6.07 Å². The number of ether oxygens (including phenoxy) is 1. The lowest BCUT2D eigenvalue weighted by Gasteiger charge is -2.27. The number of amides is 1. The fraction of sp³-hybridized carbons (Fsp3) is 0.450. The van der Waals surface area contributed by atoms with Crippen LogP contribution >= 0.6 is 0 Å². The molecule has 146 valence electrons. The minimum Gasteiger partial charge on any atom is -0.484 e. The summed E-state index contributed by atoms with van der Waals surface area (Å²) in [5, 5.41) is 0. The van der Waals surface area contributed by atoms with Crippen molar-refractivity contribution in [3.05, 3.63) is 53.0 Å². The van der Waals surface area contributed by atoms with E-state index in [1.807, 2.05) is 51.1 Å². The van der Waals surface area contributed by atoms with Crippen LogP contribution < -0.4 is 4.74 Å². The molecule has 0 bridgehead atoms. The minimum absolute atomic E-state index is 0.0118. The van der Waals surface area contributed by atoms with Crippen molar-refractivity contribution < 1.29 is 22.4 Å². The molecular weight excluding hydrogens is 366 g/mol. The van der Waals surface area contributed by atoms with E-state index in [4.69, 9.17) is 9.15 Å². The summed E-state index contributed by atoms with van der Waals surface area (Å²) < 4.78 is 35.0. The molecule has 0 unspecified atom stereocenters. The second kappa shape index (κ2) is 7.76. The average molecular weight is 391 g/mol. The normalized spacial score (nSPS) is 18.4. The highest BCUT2D eigenvalue weighted by Crippen LogP contribution is 2.22. The van der Waals surface area contributed by atoms with Gasteiger partial charge in [-0.3, -0.25) is 4.79 Å². The molecule has 1 fully saturated rings. The molecule has 0 aliphatic carbocycles. The first kappa shape index (κ1) is 19.5. The molecule has 0 N–H and O–H groups in total. The molecule has 1 aliphatic rings. The minimum atomic E-state index is -3.10. The van der Waals surface area contributed by atoms with Crippen LogP contribution in [0.1, 0.15) is 29.1 Å². The van der Waals surface area contributed by atoms with Crippen molar-refractivity contribution in [1.82, 2.24) is 4.90 Å². The van der Waals surface area contributed by atoms with E-state index in [1.54, 1.807) is 4.90 Å². The molecule has 2 heterocycles. The molecule has 6 nitrogen and oxygen atoms in total. The van der Waals surface area contributed by atoms with Gasteiger partial charge in [0.2, 0.25) is 0 Å². The van der Waals surface area contributed by atoms with Crippen LogP contribution in [-0.2, 0) is 21.2 Å². The predicted octanol–water partition coefficient (Wildman–Crippen LogP) is 2.80. The second-order valence-corrected chi connectivity index (χ2v) is 9.35. The summed E-state index contributed by atoms with van der Waals surface area (Å²) in [6.45, 7) is 5.93. The Bertz CT molecular complexity index is 932. The topological polar surface area (TPSA) is 76.8 Å². The Morgan fingerprint density at radius 2 is 1.96 bits per heavy atom. The zero-order chi connectivity index (χ0) is 19.6. The third-order valence-electron chi connectivity index (χ3n) is 4.93. The van der Waals surface area contributed by atoms with Crippen LogP contribution in [0.4, 0.5) is 0 Å². The van der Waals surface area contributed by atoms with E-state index >= 15 is 0 Å². The van der Waals surface area contributed by atoms with E-state index in [9.17, 15) is 13.2 Å². The van der Waals surface area contributed by atoms with Crippen molar-refractivity contribution in [2.75, 3.05) is 18.1 Å². The van der Waals surface area contributed by atoms with Crippen LogP contribution in [0.25, 0.3) is 0 Å². The Balaban J connectivity index is 1.72. The van der Waals surface area contributed by atoms with Crippen molar-refractivity contribution >= 4 is 15.7 Å². The highest BCUT2D eigenvalue weighted by Gasteiger charge is 2.35. The quantitative estimate of drug-likeness (QED) is 0.757. The third-order valence-corrected chi connectivity index (χ3v) is 6.68. The van der Waals surface area contributed by atoms with E-state index in [1.165, 1.54) is 0 Å². The van der Waals surface area contributed by atoms with E-state index in [-0.39, 0.29) is 36.6 Å². The maximum Gasteiger partial charge on any atom is 0.261 e. The molecule has 0 radical (unpaired) electrons. The van der Waals surface area contributed by atoms with Gasteiger partial charge in [0.1, 0.15) is 17.3 Å². The maximum atomic E-state index is 12.8. The molecule has 0 spiro atoms. The lowest BCUT2D eigenvalue weighted by atomic mass is 10.1. The first-order valence-electron chi connectivity index (χ1n) is 8.99. The number of carbonyl (C=O) groups is 1. The van der Waals surface area contributed by atoms with Gasteiger partial charge in [0, 0.05) is 6.04 Å². The van der Waals surface area contributed by atoms with Crippen molar-refractivity contribution in [1.29, 1.82) is 0 Å². The SMILES string of the molecule is Cc1ccc(CN(C(=O)COc2ccc(C)c(C)c2)[C@@H]2CCS(=O)(=O)C2)o1. The fourth-order valence-corrected chi connectivity index (χ4v) is 4.94. The Morgan fingerprint density at radius 3 is 2.56 bits per heavy atom. The predicted molar refractivity (Wildman–Crippen MR) is 102 cm³/mol. The Labute approximate surface area is 160 Å². The number of benzene rings is 1. The summed E-state index contributed by atoms with van der Waals surface area (Å²) in [7, 11) is -3.10. The monoisotopic (exact) mass is 391 g/mol. The lowest BCUT2D eigenvalue weighted by Crippen LogP contribution is -2.43. The number of aryl methyl sites for hydroxylation is 3. The van der Waals surface area contributed by atoms with Crippen LogP contribution in [0, 0.1) is 20.8 Å². The highest BCUT2D eigenvalue weighted by atomic mass is 32.2. The molecule has 2 aromatic rings. The summed E-state index contributed by atoms with van der Waals surface area (Å²) in [5.74, 6) is 1.86. The molecule has 1 amide bonds. The Hall–Kier alpha value is -2.28. The summed E-state index contributed by atoms with van der Waals surface area (Å²) in [6, 6.07) is 8.95. The number of rotatable bonds is 6. The lowest BCUT2D eigenvalue weighted by molar-refractivity contribution is -0.136. The van der Waals surface area contributed by atoms with Crippen molar-refractivity contribution in [2.24, 2.45) is 0 Å². The first-order chi connectivity index (χ1) is 12.7. The zero-order valence-corrected chi connectivity index (χ0v) is 16.7. The van der Waals surface area contributed by atoms with Gasteiger partial charge < -0.3 is 14.1 Å². The van der Waals surface area contributed by atoms with E-state index in [0.717, 1.165) is 16.9 Å². The fourth-order valence-electron chi connectivity index (χ4n) is 3.21. The van der Waals surface area contributed by atoms with Gasteiger partial charge in [0.25, 0.3) is 5.91 Å². The molecular formula is C20H25NO5S. The van der Waals surface area contributed by atoms with Crippen molar-refractivity contribution in [3.8, 4) is 5.75 Å². The number of hydrogen-bond acceptors (Lipinski definition) is 5. The molecule has 1 aliphatic heterocycles. The summed E-state index contributed by atoms with van der Waals surface area (Å²) >= 11 is 0. The van der Waals surface area contributed by atoms with Gasteiger partial charge in [0.15, 0.2) is 16.4 Å². The van der Waals surface area contributed by atoms with Gasteiger partial charge in [-0.15, -0.1) is 0 Å². The highest BCUT2D eigenvalue weighted by molar-refractivity contribution is 7.91. The molecule has 7 heteroatoms. The van der Waals surface area contributed by atoms with E-state index in [0.29, 0.717) is 17.9 Å². The van der Waals surface area contributed by atoms with Gasteiger partial charge in [-0.25, -0.2) is 8.42 Å². The third kappa shape index (κ3) is 4.91. The molecule has 3 rings (SSSR count). The van der Waals surface area contributed by atoms with Gasteiger partial charge in [-0.05, 0) is 62.6 Å². The maximum absolute atomic E-state index is 12.8. The van der Waals surface area contributed by atoms with Gasteiger partial charge in [0.05, 0.1) is 18.1 Å². The standard InChI is InChI=1S/C20H25NO5S/c1-14-4-6-18(10-15(14)2)25-12-20(22)21(11-19-7-5-16(3)26-19)17-8-9-27(23,24)13-17/h4-7,10,17H,8-9,11-13H2,1-3H3/t17-/m1/s1. The van der Waals surface area contributed by atoms with Crippen molar-refractivity contribution in [2.45, 2.75) is 39.8 Å². The number of carbonyl (C=O) groups excluding carboxylic acids is 1. The summed E-state index contributed by atoms with van der Waals surface area (Å²) in [4.78, 5) is 14.4. The number of sulfone groups is 1. The van der Waals surface area contributed by atoms with Crippen LogP contribution in [0.3, 0.4) is 0 Å². The van der Waals surface area contributed by atoms with E-state index in [2.05, 4.69) is 0 Å². The largest absolute Gasteiger partial charge is 0.484 e. The van der Waals surface area contributed by atoms with E-state index < -0.39 is 9.84 Å². The summed E-state index contributed by atoms with van der Waals surface area (Å²) in [5.41, 5.74) is 2.24. The van der Waals surface area contributed by atoms with Crippen LogP contribution in [0.5, 0.6) is 5.75 Å². The molecule has 1 atom stereocenters. The number of furan rings is 1. The molecule has 1 aromatic carbocycles. The Kier molecular flexibility index (Phi) is 5.60. The first-order valence-corrected chi connectivity index (χ1v) is 10.8. The Morgan fingerprint density at radius 1 is 1.19 bits per heavy atom. The molecule has 1 saturated heterocycles. The average Bonchev–Trinajstić information content (AvgIpc) is 3.18. The van der Waals surface area contributed by atoms with Crippen LogP contribution in [0.15, 0.2) is 34.7 Å².